The first-order valence-corrected chi connectivity index (χ1v) is 7.51. The second-order valence-corrected chi connectivity index (χ2v) is 5.35. The minimum atomic E-state index is -0.156. The van der Waals surface area contributed by atoms with Crippen molar-refractivity contribution in [2.75, 3.05) is 45.4 Å². The van der Waals surface area contributed by atoms with Crippen LogP contribution < -0.4 is 10.2 Å². The molecule has 118 valence electrons. The van der Waals surface area contributed by atoms with Crippen LogP contribution in [0.4, 0.5) is 10.1 Å². The predicted molar refractivity (Wildman–Crippen MR) is 82.2 cm³/mol. The number of rotatable bonds is 7. The van der Waals surface area contributed by atoms with Crippen LogP contribution in [0.2, 0.25) is 0 Å². The standard InChI is InChI=1S/C16H25FN2O2/c1-20-10-8-18-11-14-15(17)6-3-7-16(14)19-9-4-5-13(12-19)21-2/h3,6-7,13,18H,4-5,8-12H2,1-2H3. The van der Waals surface area contributed by atoms with E-state index in [-0.39, 0.29) is 11.9 Å². The average Bonchev–Trinajstić information content (AvgIpc) is 2.52. The highest BCUT2D eigenvalue weighted by molar-refractivity contribution is 5.54. The highest BCUT2D eigenvalue weighted by atomic mass is 19.1. The van der Waals surface area contributed by atoms with Crippen molar-refractivity contribution in [2.24, 2.45) is 0 Å². The minimum Gasteiger partial charge on any atom is -0.383 e. The number of ether oxygens (including phenoxy) is 2. The molecular formula is C16H25FN2O2. The number of piperidine rings is 1. The van der Waals surface area contributed by atoms with Crippen molar-refractivity contribution in [3.8, 4) is 0 Å². The molecule has 1 aliphatic heterocycles. The molecule has 1 unspecified atom stereocenters. The molecular weight excluding hydrogens is 271 g/mol. The zero-order valence-electron chi connectivity index (χ0n) is 12.9. The number of hydrogen-bond donors (Lipinski definition) is 1. The quantitative estimate of drug-likeness (QED) is 0.782. The number of nitrogens with one attached hydrogen (secondary N) is 1. The van der Waals surface area contributed by atoms with Crippen molar-refractivity contribution in [1.82, 2.24) is 5.32 Å². The van der Waals surface area contributed by atoms with Gasteiger partial charge in [0.25, 0.3) is 0 Å². The Hall–Kier alpha value is -1.17. The maximum absolute atomic E-state index is 14.2. The molecule has 1 aromatic rings. The molecule has 1 aliphatic rings. The summed E-state index contributed by atoms with van der Waals surface area (Å²) in [6, 6.07) is 5.29. The number of methoxy groups -OCH3 is 2. The van der Waals surface area contributed by atoms with E-state index in [0.29, 0.717) is 19.7 Å². The first kappa shape index (κ1) is 16.2. The lowest BCUT2D eigenvalue weighted by molar-refractivity contribution is 0.0893. The molecule has 0 radical (unpaired) electrons. The van der Waals surface area contributed by atoms with Crippen molar-refractivity contribution in [3.63, 3.8) is 0 Å². The molecule has 0 bridgehead atoms. The minimum absolute atomic E-state index is 0.156. The van der Waals surface area contributed by atoms with Crippen LogP contribution in [0, 0.1) is 5.82 Å². The third-order valence-corrected chi connectivity index (χ3v) is 3.93. The molecule has 0 spiro atoms. The van der Waals surface area contributed by atoms with Crippen LogP contribution in [0.1, 0.15) is 18.4 Å². The largest absolute Gasteiger partial charge is 0.383 e. The van der Waals surface area contributed by atoms with Crippen LogP contribution in [0.5, 0.6) is 0 Å². The fourth-order valence-electron chi connectivity index (χ4n) is 2.76. The van der Waals surface area contributed by atoms with Crippen molar-refractivity contribution < 1.29 is 13.9 Å². The second kappa shape index (κ2) is 8.32. The Bertz CT molecular complexity index is 442. The van der Waals surface area contributed by atoms with E-state index in [9.17, 15) is 4.39 Å². The third kappa shape index (κ3) is 4.40. The second-order valence-electron chi connectivity index (χ2n) is 5.35. The molecule has 0 aromatic heterocycles. The van der Waals surface area contributed by atoms with E-state index < -0.39 is 0 Å². The number of nitrogens with zero attached hydrogens (tertiary/aromatic N) is 1. The fraction of sp³-hybridized carbons (Fsp3) is 0.625. The highest BCUT2D eigenvalue weighted by Crippen LogP contribution is 2.27. The zero-order chi connectivity index (χ0) is 15.1. The number of hydrogen-bond acceptors (Lipinski definition) is 4. The smallest absolute Gasteiger partial charge is 0.129 e. The lowest BCUT2D eigenvalue weighted by atomic mass is 10.0. The van der Waals surface area contributed by atoms with E-state index in [0.717, 1.165) is 37.2 Å². The van der Waals surface area contributed by atoms with Gasteiger partial charge in [-0.1, -0.05) is 6.07 Å². The Labute approximate surface area is 126 Å². The topological polar surface area (TPSA) is 33.7 Å². The van der Waals surface area contributed by atoms with Crippen LogP contribution in [0.15, 0.2) is 18.2 Å². The van der Waals surface area contributed by atoms with Gasteiger partial charge < -0.3 is 19.7 Å². The summed E-state index contributed by atoms with van der Waals surface area (Å²) in [5.41, 5.74) is 1.70. The Kier molecular flexibility index (Phi) is 6.42. The first-order chi connectivity index (χ1) is 10.3. The summed E-state index contributed by atoms with van der Waals surface area (Å²) < 4.78 is 24.6. The summed E-state index contributed by atoms with van der Waals surface area (Å²) in [4.78, 5) is 2.23. The lowest BCUT2D eigenvalue weighted by Gasteiger charge is -2.35. The Balaban J connectivity index is 2.08. The van der Waals surface area contributed by atoms with Crippen LogP contribution in [-0.4, -0.2) is 46.6 Å². The molecule has 2 rings (SSSR count). The SMILES string of the molecule is COCCNCc1c(F)cccc1N1CCCC(OC)C1. The molecule has 1 heterocycles. The van der Waals surface area contributed by atoms with E-state index >= 15 is 0 Å². The van der Waals surface area contributed by atoms with Crippen LogP contribution in [-0.2, 0) is 16.0 Å². The predicted octanol–water partition coefficient (Wildman–Crippen LogP) is 2.18. The Morgan fingerprint density at radius 1 is 1.38 bits per heavy atom. The van der Waals surface area contributed by atoms with E-state index in [4.69, 9.17) is 9.47 Å². The van der Waals surface area contributed by atoms with E-state index in [2.05, 4.69) is 10.2 Å². The summed E-state index contributed by atoms with van der Waals surface area (Å²) in [6.07, 6.45) is 2.38. The number of benzene rings is 1. The van der Waals surface area contributed by atoms with Gasteiger partial charge in [-0.3, -0.25) is 0 Å². The molecule has 0 aliphatic carbocycles. The monoisotopic (exact) mass is 296 g/mol. The van der Waals surface area contributed by atoms with Crippen molar-refractivity contribution in [1.29, 1.82) is 0 Å². The van der Waals surface area contributed by atoms with Crippen molar-refractivity contribution in [3.05, 3.63) is 29.6 Å². The van der Waals surface area contributed by atoms with Gasteiger partial charge in [-0.15, -0.1) is 0 Å². The molecule has 4 nitrogen and oxygen atoms in total. The normalized spacial score (nSPS) is 19.0. The van der Waals surface area contributed by atoms with Gasteiger partial charge in [0.1, 0.15) is 5.82 Å². The van der Waals surface area contributed by atoms with Gasteiger partial charge in [0, 0.05) is 51.6 Å². The molecule has 1 saturated heterocycles. The average molecular weight is 296 g/mol. The molecule has 1 aromatic carbocycles. The molecule has 1 atom stereocenters. The van der Waals surface area contributed by atoms with Gasteiger partial charge in [0.2, 0.25) is 0 Å². The summed E-state index contributed by atoms with van der Waals surface area (Å²) in [5, 5.41) is 3.23. The number of anilines is 1. The molecule has 1 fully saturated rings. The van der Waals surface area contributed by atoms with Crippen LogP contribution in [0.3, 0.4) is 0 Å². The van der Waals surface area contributed by atoms with Gasteiger partial charge in [0.15, 0.2) is 0 Å². The molecule has 5 heteroatoms. The summed E-state index contributed by atoms with van der Waals surface area (Å²) in [6.45, 7) is 3.63. The Morgan fingerprint density at radius 3 is 3.00 bits per heavy atom. The Morgan fingerprint density at radius 2 is 2.24 bits per heavy atom. The van der Waals surface area contributed by atoms with E-state index in [1.807, 2.05) is 6.07 Å². The molecule has 21 heavy (non-hydrogen) atoms. The van der Waals surface area contributed by atoms with Gasteiger partial charge in [-0.25, -0.2) is 4.39 Å². The van der Waals surface area contributed by atoms with Gasteiger partial charge in [0.05, 0.1) is 12.7 Å². The fourth-order valence-corrected chi connectivity index (χ4v) is 2.76. The van der Waals surface area contributed by atoms with Crippen molar-refractivity contribution in [2.45, 2.75) is 25.5 Å². The van der Waals surface area contributed by atoms with Crippen LogP contribution >= 0.6 is 0 Å². The lowest BCUT2D eigenvalue weighted by Crippen LogP contribution is -2.40. The summed E-state index contributed by atoms with van der Waals surface area (Å²) in [7, 11) is 3.40. The summed E-state index contributed by atoms with van der Waals surface area (Å²) >= 11 is 0. The molecule has 1 N–H and O–H groups in total. The molecule has 0 saturated carbocycles. The number of halogens is 1. The third-order valence-electron chi connectivity index (χ3n) is 3.93. The van der Waals surface area contributed by atoms with Crippen LogP contribution in [0.25, 0.3) is 0 Å². The first-order valence-electron chi connectivity index (χ1n) is 7.51. The maximum atomic E-state index is 14.2. The zero-order valence-corrected chi connectivity index (χ0v) is 12.9. The highest BCUT2D eigenvalue weighted by Gasteiger charge is 2.22. The maximum Gasteiger partial charge on any atom is 0.129 e. The molecule has 0 amide bonds. The van der Waals surface area contributed by atoms with Gasteiger partial charge >= 0.3 is 0 Å². The van der Waals surface area contributed by atoms with Gasteiger partial charge in [-0.2, -0.15) is 0 Å². The van der Waals surface area contributed by atoms with Crippen molar-refractivity contribution >= 4 is 5.69 Å². The summed E-state index contributed by atoms with van der Waals surface area (Å²) in [5.74, 6) is -0.156. The van der Waals surface area contributed by atoms with E-state index in [1.54, 1.807) is 20.3 Å². The van der Waals surface area contributed by atoms with E-state index in [1.165, 1.54) is 6.07 Å². The van der Waals surface area contributed by atoms with Gasteiger partial charge in [-0.05, 0) is 25.0 Å².